The molecule has 0 aliphatic heterocycles. The van der Waals surface area contributed by atoms with Crippen LogP contribution in [0.3, 0.4) is 0 Å². The Kier molecular flexibility index (Phi) is 5.26. The molecular formula is C17H13Cl2NO4. The van der Waals surface area contributed by atoms with E-state index < -0.39 is 18.0 Å². The number of carboxylic acids is 1. The normalized spacial score (nSPS) is 10.4. The zero-order chi connectivity index (χ0) is 16.6. The largest absolute Gasteiger partial charge is 0.481 e. The minimum absolute atomic E-state index is 0. The molecule has 0 unspecified atom stereocenters. The molecule has 0 fully saturated rings. The predicted molar refractivity (Wildman–Crippen MR) is 94.0 cm³/mol. The van der Waals surface area contributed by atoms with Crippen LogP contribution in [0.2, 0.25) is 5.02 Å². The maximum absolute atomic E-state index is 12.3. The lowest BCUT2D eigenvalue weighted by Crippen LogP contribution is -2.14. The summed E-state index contributed by atoms with van der Waals surface area (Å²) in [7, 11) is 0. The molecule has 0 aliphatic carbocycles. The summed E-state index contributed by atoms with van der Waals surface area (Å²) in [6.45, 7) is 1.83. The van der Waals surface area contributed by atoms with Gasteiger partial charge < -0.3 is 9.52 Å². The second-order valence-electron chi connectivity index (χ2n) is 5.15. The number of aryl methyl sites for hydroxylation is 1. The average Bonchev–Trinajstić information content (AvgIpc) is 2.51. The third kappa shape index (κ3) is 3.27. The lowest BCUT2D eigenvalue weighted by atomic mass is 9.96. The van der Waals surface area contributed by atoms with Gasteiger partial charge in [-0.05, 0) is 24.6 Å². The fourth-order valence-electron chi connectivity index (χ4n) is 2.52. The highest BCUT2D eigenvalue weighted by molar-refractivity contribution is 6.32. The maximum Gasteiger partial charge on any atom is 0.340 e. The molecule has 2 aromatic heterocycles. The lowest BCUT2D eigenvalue weighted by molar-refractivity contribution is -0.136. The van der Waals surface area contributed by atoms with Crippen LogP contribution < -0.4 is 5.63 Å². The van der Waals surface area contributed by atoms with Crippen LogP contribution in [0.25, 0.3) is 22.1 Å². The SMILES string of the molecule is Cc1cc2c(-c3cccnc3)c(CC(=O)O)c(=O)oc2cc1Cl.Cl. The molecule has 0 spiro atoms. The summed E-state index contributed by atoms with van der Waals surface area (Å²) >= 11 is 6.09. The number of carbonyl (C=O) groups is 1. The van der Waals surface area contributed by atoms with Gasteiger partial charge in [0.2, 0.25) is 0 Å². The van der Waals surface area contributed by atoms with Crippen molar-refractivity contribution in [2.24, 2.45) is 0 Å². The van der Waals surface area contributed by atoms with Gasteiger partial charge in [0.15, 0.2) is 0 Å². The first-order valence-corrected chi connectivity index (χ1v) is 7.23. The molecule has 0 saturated carbocycles. The van der Waals surface area contributed by atoms with Crippen LogP contribution in [0.1, 0.15) is 11.1 Å². The minimum Gasteiger partial charge on any atom is -0.481 e. The first kappa shape index (κ1) is 18.0. The van der Waals surface area contributed by atoms with Crippen molar-refractivity contribution in [1.82, 2.24) is 4.98 Å². The molecule has 1 N–H and O–H groups in total. The van der Waals surface area contributed by atoms with Gasteiger partial charge in [-0.3, -0.25) is 9.78 Å². The Morgan fingerprint density at radius 3 is 2.75 bits per heavy atom. The highest BCUT2D eigenvalue weighted by Crippen LogP contribution is 2.33. The Bertz CT molecular complexity index is 968. The minimum atomic E-state index is -1.10. The van der Waals surface area contributed by atoms with Gasteiger partial charge in [0.25, 0.3) is 0 Å². The van der Waals surface area contributed by atoms with Crippen molar-refractivity contribution in [2.45, 2.75) is 13.3 Å². The van der Waals surface area contributed by atoms with E-state index in [4.69, 9.17) is 21.1 Å². The predicted octanol–water partition coefficient (Wildman–Crippen LogP) is 3.87. The number of carboxylic acid groups (broad SMARTS) is 1. The number of pyridine rings is 1. The highest BCUT2D eigenvalue weighted by Gasteiger charge is 2.19. The average molecular weight is 366 g/mol. The molecule has 2 heterocycles. The first-order valence-electron chi connectivity index (χ1n) is 6.85. The van der Waals surface area contributed by atoms with Crippen LogP contribution in [0, 0.1) is 6.92 Å². The van der Waals surface area contributed by atoms with Crippen molar-refractivity contribution < 1.29 is 14.3 Å². The van der Waals surface area contributed by atoms with Crippen LogP contribution in [-0.4, -0.2) is 16.1 Å². The van der Waals surface area contributed by atoms with Crippen molar-refractivity contribution in [3.05, 3.63) is 63.2 Å². The molecular weight excluding hydrogens is 353 g/mol. The zero-order valence-electron chi connectivity index (χ0n) is 12.6. The van der Waals surface area contributed by atoms with Gasteiger partial charge in [-0.25, -0.2) is 4.79 Å². The quantitative estimate of drug-likeness (QED) is 0.712. The monoisotopic (exact) mass is 365 g/mol. The van der Waals surface area contributed by atoms with Crippen LogP contribution in [-0.2, 0) is 11.2 Å². The van der Waals surface area contributed by atoms with E-state index in [1.54, 1.807) is 36.7 Å². The van der Waals surface area contributed by atoms with Gasteiger partial charge >= 0.3 is 11.6 Å². The topological polar surface area (TPSA) is 80.4 Å². The fraction of sp³-hybridized carbons (Fsp3) is 0.118. The molecule has 1 aromatic carbocycles. The Balaban J connectivity index is 0.00000208. The third-order valence-corrected chi connectivity index (χ3v) is 3.97. The van der Waals surface area contributed by atoms with Crippen molar-refractivity contribution in [1.29, 1.82) is 0 Å². The van der Waals surface area contributed by atoms with E-state index in [1.807, 2.05) is 6.92 Å². The van der Waals surface area contributed by atoms with Crippen LogP contribution >= 0.6 is 24.0 Å². The number of rotatable bonds is 3. The van der Waals surface area contributed by atoms with Gasteiger partial charge in [0, 0.05) is 40.0 Å². The van der Waals surface area contributed by atoms with Crippen molar-refractivity contribution in [3.63, 3.8) is 0 Å². The molecule has 3 rings (SSSR count). The molecule has 7 heteroatoms. The van der Waals surface area contributed by atoms with E-state index >= 15 is 0 Å². The number of aromatic nitrogens is 1. The zero-order valence-corrected chi connectivity index (χ0v) is 14.1. The lowest BCUT2D eigenvalue weighted by Gasteiger charge is -2.11. The Morgan fingerprint density at radius 2 is 2.12 bits per heavy atom. The molecule has 0 saturated heterocycles. The Hall–Kier alpha value is -2.37. The molecule has 0 amide bonds. The summed E-state index contributed by atoms with van der Waals surface area (Å²) in [5, 5.41) is 10.2. The second-order valence-corrected chi connectivity index (χ2v) is 5.56. The molecule has 24 heavy (non-hydrogen) atoms. The summed E-state index contributed by atoms with van der Waals surface area (Å²) in [4.78, 5) is 27.5. The summed E-state index contributed by atoms with van der Waals surface area (Å²) in [5.74, 6) is -1.10. The number of nitrogens with zero attached hydrogens (tertiary/aromatic N) is 1. The number of halogens is 2. The van der Waals surface area contributed by atoms with E-state index in [0.717, 1.165) is 5.56 Å². The van der Waals surface area contributed by atoms with Crippen LogP contribution in [0.15, 0.2) is 45.9 Å². The summed E-state index contributed by atoms with van der Waals surface area (Å²) in [6, 6.07) is 6.85. The molecule has 0 radical (unpaired) electrons. The number of hydrogen-bond donors (Lipinski definition) is 1. The molecule has 124 valence electrons. The summed E-state index contributed by atoms with van der Waals surface area (Å²) in [5.41, 5.74) is 1.71. The molecule has 5 nitrogen and oxygen atoms in total. The Morgan fingerprint density at radius 1 is 1.38 bits per heavy atom. The number of benzene rings is 1. The van der Waals surface area contributed by atoms with E-state index in [2.05, 4.69) is 4.98 Å². The molecule has 0 bridgehead atoms. The Labute approximate surface area is 148 Å². The smallest absolute Gasteiger partial charge is 0.340 e. The molecule has 0 atom stereocenters. The molecule has 0 aliphatic rings. The summed E-state index contributed by atoms with van der Waals surface area (Å²) in [6.07, 6.45) is 2.77. The second kappa shape index (κ2) is 7.03. The van der Waals surface area contributed by atoms with Gasteiger partial charge in [0.05, 0.1) is 12.0 Å². The fourth-order valence-corrected chi connectivity index (χ4v) is 2.67. The third-order valence-electron chi connectivity index (χ3n) is 3.56. The van der Waals surface area contributed by atoms with E-state index in [9.17, 15) is 9.59 Å². The van der Waals surface area contributed by atoms with Crippen molar-refractivity contribution in [2.75, 3.05) is 0 Å². The van der Waals surface area contributed by atoms with Gasteiger partial charge in [-0.15, -0.1) is 12.4 Å². The van der Waals surface area contributed by atoms with Crippen molar-refractivity contribution in [3.8, 4) is 11.1 Å². The van der Waals surface area contributed by atoms with Crippen LogP contribution in [0.4, 0.5) is 0 Å². The van der Waals surface area contributed by atoms with Crippen molar-refractivity contribution >= 4 is 40.9 Å². The van der Waals surface area contributed by atoms with E-state index in [0.29, 0.717) is 27.1 Å². The standard InChI is InChI=1S/C17H12ClNO4.ClH/c1-9-5-11-14(7-13(9)18)23-17(22)12(6-15(20)21)16(11)10-3-2-4-19-8-10;/h2-5,7-8H,6H2,1H3,(H,20,21);1H. The number of fused-ring (bicyclic) bond motifs is 1. The summed E-state index contributed by atoms with van der Waals surface area (Å²) < 4.78 is 5.27. The molecule has 3 aromatic rings. The van der Waals surface area contributed by atoms with Gasteiger partial charge in [-0.1, -0.05) is 17.7 Å². The van der Waals surface area contributed by atoms with Gasteiger partial charge in [-0.2, -0.15) is 0 Å². The van der Waals surface area contributed by atoms with Crippen LogP contribution in [0.5, 0.6) is 0 Å². The first-order chi connectivity index (χ1) is 11.0. The van der Waals surface area contributed by atoms with E-state index in [1.165, 1.54) is 0 Å². The van der Waals surface area contributed by atoms with Gasteiger partial charge in [0.1, 0.15) is 5.58 Å². The number of aliphatic carboxylic acids is 1. The number of hydrogen-bond acceptors (Lipinski definition) is 4. The van der Waals surface area contributed by atoms with E-state index in [-0.39, 0.29) is 18.0 Å². The maximum atomic E-state index is 12.3. The highest BCUT2D eigenvalue weighted by atomic mass is 35.5.